The fourth-order valence-corrected chi connectivity index (χ4v) is 2.23. The van der Waals surface area contributed by atoms with E-state index in [0.717, 1.165) is 0 Å². The molecule has 1 N–H and O–H groups in total. The molecule has 0 heterocycles. The third-order valence-corrected chi connectivity index (χ3v) is 3.71. The second-order valence-electron chi connectivity index (χ2n) is 5.80. The molecular formula is C19H28N2O. The summed E-state index contributed by atoms with van der Waals surface area (Å²) in [6.07, 6.45) is 3.46. The lowest BCUT2D eigenvalue weighted by molar-refractivity contribution is -0.129. The summed E-state index contributed by atoms with van der Waals surface area (Å²) in [6, 6.07) is 8.70. The molecule has 1 aromatic carbocycles. The van der Waals surface area contributed by atoms with Crippen molar-refractivity contribution in [1.29, 1.82) is 0 Å². The highest BCUT2D eigenvalue weighted by atomic mass is 16.2. The minimum absolute atomic E-state index is 0.0606. The number of benzene rings is 1. The van der Waals surface area contributed by atoms with Crippen LogP contribution in [0.3, 0.4) is 0 Å². The summed E-state index contributed by atoms with van der Waals surface area (Å²) in [5.41, 5.74) is 2.52. The molecule has 1 amide bonds. The van der Waals surface area contributed by atoms with E-state index in [1.165, 1.54) is 11.1 Å². The van der Waals surface area contributed by atoms with Crippen LogP contribution in [0.25, 0.3) is 0 Å². The topological polar surface area (TPSA) is 32.3 Å². The molecule has 0 saturated carbocycles. The molecule has 0 aliphatic heterocycles. The second-order valence-corrected chi connectivity index (χ2v) is 5.80. The summed E-state index contributed by atoms with van der Waals surface area (Å²) < 4.78 is 0. The minimum atomic E-state index is 0.0606. The number of amides is 1. The van der Waals surface area contributed by atoms with Crippen LogP contribution < -0.4 is 5.32 Å². The van der Waals surface area contributed by atoms with Gasteiger partial charge in [0.05, 0.1) is 6.54 Å². The number of carbonyl (C=O) groups excluding carboxylic acids is 1. The van der Waals surface area contributed by atoms with E-state index < -0.39 is 0 Å². The molecular weight excluding hydrogens is 272 g/mol. The standard InChI is InChI=1S/C19H28N2O/c1-6-12-21(13-7-2)19(22)14-20-16(5)18-10-8-17(9-11-18)15(3)4/h6-11,15-16,20H,1-2,12-14H2,3-5H3. The maximum atomic E-state index is 12.2. The number of hydrogen-bond donors (Lipinski definition) is 1. The fraction of sp³-hybridized carbons (Fsp3) is 0.421. The van der Waals surface area contributed by atoms with Gasteiger partial charge in [0, 0.05) is 19.1 Å². The maximum absolute atomic E-state index is 12.2. The van der Waals surface area contributed by atoms with Crippen LogP contribution in [0, 0.1) is 0 Å². The summed E-state index contributed by atoms with van der Waals surface area (Å²) in [4.78, 5) is 13.9. The zero-order valence-corrected chi connectivity index (χ0v) is 14.0. The third kappa shape index (κ3) is 5.49. The Kier molecular flexibility index (Phi) is 7.61. The van der Waals surface area contributed by atoms with Crippen molar-refractivity contribution in [1.82, 2.24) is 10.2 Å². The normalized spacial score (nSPS) is 12.0. The van der Waals surface area contributed by atoms with E-state index in [9.17, 15) is 4.79 Å². The molecule has 0 aliphatic rings. The quantitative estimate of drug-likeness (QED) is 0.706. The number of nitrogens with zero attached hydrogens (tertiary/aromatic N) is 1. The summed E-state index contributed by atoms with van der Waals surface area (Å²) in [5, 5.41) is 3.28. The highest BCUT2D eigenvalue weighted by Crippen LogP contribution is 2.18. The molecule has 120 valence electrons. The first kappa shape index (κ1) is 18.2. The van der Waals surface area contributed by atoms with Gasteiger partial charge in [-0.2, -0.15) is 0 Å². The highest BCUT2D eigenvalue weighted by molar-refractivity contribution is 5.78. The first-order valence-corrected chi connectivity index (χ1v) is 7.82. The van der Waals surface area contributed by atoms with Crippen LogP contribution in [-0.4, -0.2) is 30.4 Å². The van der Waals surface area contributed by atoms with Crippen LogP contribution in [0.15, 0.2) is 49.6 Å². The molecule has 0 radical (unpaired) electrons. The van der Waals surface area contributed by atoms with Crippen LogP contribution in [0.2, 0.25) is 0 Å². The van der Waals surface area contributed by atoms with Crippen LogP contribution >= 0.6 is 0 Å². The van der Waals surface area contributed by atoms with Gasteiger partial charge in [0.2, 0.25) is 5.91 Å². The average Bonchev–Trinajstić information content (AvgIpc) is 2.52. The zero-order valence-electron chi connectivity index (χ0n) is 14.0. The average molecular weight is 300 g/mol. The Hall–Kier alpha value is -1.87. The maximum Gasteiger partial charge on any atom is 0.237 e. The molecule has 0 bridgehead atoms. The molecule has 0 saturated heterocycles. The molecule has 0 fully saturated rings. The molecule has 3 nitrogen and oxygen atoms in total. The van der Waals surface area contributed by atoms with Crippen LogP contribution in [0.5, 0.6) is 0 Å². The summed E-state index contributed by atoms with van der Waals surface area (Å²) >= 11 is 0. The Morgan fingerprint density at radius 3 is 2.05 bits per heavy atom. The van der Waals surface area contributed by atoms with Gasteiger partial charge in [0.25, 0.3) is 0 Å². The minimum Gasteiger partial charge on any atom is -0.334 e. The van der Waals surface area contributed by atoms with Crippen molar-refractivity contribution in [3.05, 3.63) is 60.7 Å². The monoisotopic (exact) mass is 300 g/mol. The van der Waals surface area contributed by atoms with Crippen molar-refractivity contribution in [3.8, 4) is 0 Å². The molecule has 1 rings (SSSR count). The van der Waals surface area contributed by atoms with Crippen LogP contribution in [0.1, 0.15) is 43.9 Å². The van der Waals surface area contributed by atoms with E-state index in [-0.39, 0.29) is 11.9 Å². The van der Waals surface area contributed by atoms with Gasteiger partial charge in [-0.25, -0.2) is 0 Å². The zero-order chi connectivity index (χ0) is 16.5. The lowest BCUT2D eigenvalue weighted by Crippen LogP contribution is -2.39. The van der Waals surface area contributed by atoms with Crippen LogP contribution in [0.4, 0.5) is 0 Å². The van der Waals surface area contributed by atoms with Gasteiger partial charge in [-0.3, -0.25) is 4.79 Å². The van der Waals surface area contributed by atoms with Gasteiger partial charge in [-0.05, 0) is 24.0 Å². The number of carbonyl (C=O) groups is 1. The van der Waals surface area contributed by atoms with Gasteiger partial charge >= 0.3 is 0 Å². The fourth-order valence-electron chi connectivity index (χ4n) is 2.23. The van der Waals surface area contributed by atoms with E-state index in [1.54, 1.807) is 17.1 Å². The van der Waals surface area contributed by atoms with Gasteiger partial charge < -0.3 is 10.2 Å². The number of rotatable bonds is 9. The predicted octanol–water partition coefficient (Wildman–Crippen LogP) is 3.66. The first-order valence-electron chi connectivity index (χ1n) is 7.82. The first-order chi connectivity index (χ1) is 10.5. The van der Waals surface area contributed by atoms with Crippen molar-refractivity contribution >= 4 is 5.91 Å². The summed E-state index contributed by atoms with van der Waals surface area (Å²) in [6.45, 7) is 15.2. The van der Waals surface area contributed by atoms with E-state index in [4.69, 9.17) is 0 Å². The Morgan fingerprint density at radius 2 is 1.59 bits per heavy atom. The molecule has 0 aliphatic carbocycles. The summed E-state index contributed by atoms with van der Waals surface area (Å²) in [7, 11) is 0. The lowest BCUT2D eigenvalue weighted by Gasteiger charge is -2.21. The molecule has 0 spiro atoms. The number of nitrogens with one attached hydrogen (secondary N) is 1. The smallest absolute Gasteiger partial charge is 0.237 e. The Bertz CT molecular complexity index is 481. The van der Waals surface area contributed by atoms with Crippen molar-refractivity contribution in [3.63, 3.8) is 0 Å². The second kappa shape index (κ2) is 9.21. The SMILES string of the molecule is C=CCN(CC=C)C(=O)CNC(C)c1ccc(C(C)C)cc1. The van der Waals surface area contributed by atoms with E-state index in [1.807, 2.05) is 0 Å². The van der Waals surface area contributed by atoms with Gasteiger partial charge in [-0.1, -0.05) is 50.3 Å². The Morgan fingerprint density at radius 1 is 1.09 bits per heavy atom. The molecule has 22 heavy (non-hydrogen) atoms. The third-order valence-electron chi connectivity index (χ3n) is 3.71. The number of hydrogen-bond acceptors (Lipinski definition) is 2. The molecule has 1 unspecified atom stereocenters. The van der Waals surface area contributed by atoms with E-state index in [2.05, 4.69) is 63.5 Å². The van der Waals surface area contributed by atoms with Gasteiger partial charge in [0.1, 0.15) is 0 Å². The highest BCUT2D eigenvalue weighted by Gasteiger charge is 2.12. The van der Waals surface area contributed by atoms with Gasteiger partial charge in [-0.15, -0.1) is 13.2 Å². The lowest BCUT2D eigenvalue weighted by atomic mass is 9.99. The largest absolute Gasteiger partial charge is 0.334 e. The van der Waals surface area contributed by atoms with Crippen molar-refractivity contribution in [2.45, 2.75) is 32.7 Å². The predicted molar refractivity (Wildman–Crippen MR) is 93.9 cm³/mol. The van der Waals surface area contributed by atoms with E-state index in [0.29, 0.717) is 25.6 Å². The molecule has 0 aromatic heterocycles. The Balaban J connectivity index is 2.57. The molecule has 1 atom stereocenters. The molecule has 3 heteroatoms. The van der Waals surface area contributed by atoms with Crippen molar-refractivity contribution in [2.24, 2.45) is 0 Å². The van der Waals surface area contributed by atoms with Gasteiger partial charge in [0.15, 0.2) is 0 Å². The summed E-state index contributed by atoms with van der Waals surface area (Å²) in [5.74, 6) is 0.593. The molecule has 1 aromatic rings. The van der Waals surface area contributed by atoms with E-state index >= 15 is 0 Å². The Labute approximate surface area is 134 Å². The van der Waals surface area contributed by atoms with Crippen molar-refractivity contribution < 1.29 is 4.79 Å². The van der Waals surface area contributed by atoms with Crippen molar-refractivity contribution in [2.75, 3.05) is 19.6 Å². The van der Waals surface area contributed by atoms with Crippen LogP contribution in [-0.2, 0) is 4.79 Å².